The van der Waals surface area contributed by atoms with E-state index in [0.717, 1.165) is 11.8 Å². The van der Waals surface area contributed by atoms with Crippen molar-refractivity contribution in [1.29, 1.82) is 0 Å². The molecule has 1 aromatic rings. The van der Waals surface area contributed by atoms with E-state index in [0.29, 0.717) is 5.69 Å². The Labute approximate surface area is 71.0 Å². The highest BCUT2D eigenvalue weighted by molar-refractivity contribution is 5.74. The van der Waals surface area contributed by atoms with E-state index in [1.54, 1.807) is 30.3 Å². The molecule has 0 unspecified atom stereocenters. The number of nitrogens with zero attached hydrogens (tertiary/aromatic N) is 1. The molecule has 0 saturated carbocycles. The third-order valence-corrected chi connectivity index (χ3v) is 1.39. The molecular weight excluding hydrogens is 150 g/mol. The summed E-state index contributed by atoms with van der Waals surface area (Å²) < 4.78 is 0. The van der Waals surface area contributed by atoms with E-state index in [-0.39, 0.29) is 0 Å². The lowest BCUT2D eigenvalue weighted by atomic mass is 10.2. The molecule has 58 valence electrons. The zero-order valence-electron chi connectivity index (χ0n) is 6.40. The van der Waals surface area contributed by atoms with Crippen molar-refractivity contribution in [3.8, 4) is 0 Å². The molecule has 0 fully saturated rings. The van der Waals surface area contributed by atoms with Gasteiger partial charge in [-0.2, -0.15) is 0 Å². The Bertz CT molecular complexity index is 330. The second-order valence-electron chi connectivity index (χ2n) is 2.20. The Morgan fingerprint density at radius 3 is 2.42 bits per heavy atom. The molecule has 0 atom stereocenters. The maximum Gasteiger partial charge on any atom is 0.187 e. The summed E-state index contributed by atoms with van der Waals surface area (Å²) in [7, 11) is 0. The van der Waals surface area contributed by atoms with Crippen LogP contribution in [-0.2, 0) is 4.79 Å². The molecule has 0 aromatic heterocycles. The Morgan fingerprint density at radius 2 is 1.92 bits per heavy atom. The lowest BCUT2D eigenvalue weighted by molar-refractivity contribution is -0.104. The summed E-state index contributed by atoms with van der Waals surface area (Å²) in [5.74, 6) is 0. The fourth-order valence-corrected chi connectivity index (χ4v) is 0.810. The van der Waals surface area contributed by atoms with E-state index >= 15 is 0 Å². The minimum Gasteiger partial charge on any atom is -0.299 e. The quantitative estimate of drug-likeness (QED) is 0.367. The molecule has 1 rings (SSSR count). The highest BCUT2D eigenvalue weighted by Gasteiger charge is 1.88. The van der Waals surface area contributed by atoms with Gasteiger partial charge in [-0.15, -0.1) is 0 Å². The van der Waals surface area contributed by atoms with Crippen molar-refractivity contribution < 1.29 is 4.79 Å². The molecule has 0 aliphatic rings. The van der Waals surface area contributed by atoms with E-state index in [9.17, 15) is 4.79 Å². The first-order valence-electron chi connectivity index (χ1n) is 3.46. The van der Waals surface area contributed by atoms with Crippen molar-refractivity contribution in [3.05, 3.63) is 47.3 Å². The van der Waals surface area contributed by atoms with Crippen molar-refractivity contribution in [2.24, 2.45) is 0 Å². The lowest BCUT2D eigenvalue weighted by Crippen LogP contribution is -1.69. The van der Waals surface area contributed by atoms with Crippen LogP contribution >= 0.6 is 0 Å². The van der Waals surface area contributed by atoms with Gasteiger partial charge < -0.3 is 0 Å². The molecule has 0 N–H and O–H groups in total. The molecule has 2 heteroatoms. The monoisotopic (exact) mass is 157 g/mol. The number of carbonyl (C=O) groups excluding carboxylic acids is 1. The predicted molar refractivity (Wildman–Crippen MR) is 47.8 cm³/mol. The van der Waals surface area contributed by atoms with Crippen LogP contribution in [0.4, 0.5) is 5.69 Å². The second-order valence-corrected chi connectivity index (χ2v) is 2.20. The van der Waals surface area contributed by atoms with Crippen LogP contribution in [0.25, 0.3) is 10.9 Å². The van der Waals surface area contributed by atoms with E-state index < -0.39 is 0 Å². The van der Waals surface area contributed by atoms with Gasteiger partial charge in [0, 0.05) is 0 Å². The van der Waals surface area contributed by atoms with Crippen LogP contribution in [0.3, 0.4) is 0 Å². The number of hydrogen-bond acceptors (Lipinski definition) is 1. The van der Waals surface area contributed by atoms with Gasteiger partial charge in [-0.25, -0.2) is 4.85 Å². The average molecular weight is 157 g/mol. The van der Waals surface area contributed by atoms with Gasteiger partial charge >= 0.3 is 0 Å². The zero-order chi connectivity index (χ0) is 8.81. The molecule has 0 aliphatic heterocycles. The molecule has 12 heavy (non-hydrogen) atoms. The van der Waals surface area contributed by atoms with Gasteiger partial charge in [0.15, 0.2) is 5.69 Å². The van der Waals surface area contributed by atoms with Gasteiger partial charge in [-0.05, 0) is 11.6 Å². The maximum absolute atomic E-state index is 9.97. The number of allylic oxidation sites excluding steroid dienone is 1. The zero-order valence-corrected chi connectivity index (χ0v) is 6.40. The summed E-state index contributed by atoms with van der Waals surface area (Å²) in [5.41, 5.74) is 1.53. The van der Waals surface area contributed by atoms with Crippen LogP contribution in [0.2, 0.25) is 0 Å². The number of benzene rings is 1. The molecular formula is C10H7NO. The maximum atomic E-state index is 9.97. The van der Waals surface area contributed by atoms with Crippen LogP contribution in [0.5, 0.6) is 0 Å². The van der Waals surface area contributed by atoms with Crippen molar-refractivity contribution in [3.63, 3.8) is 0 Å². The predicted octanol–water partition coefficient (Wildman–Crippen LogP) is 2.45. The molecule has 0 radical (unpaired) electrons. The van der Waals surface area contributed by atoms with E-state index in [2.05, 4.69) is 4.85 Å². The topological polar surface area (TPSA) is 21.4 Å². The molecule has 0 saturated heterocycles. The Hall–Kier alpha value is -1.88. The number of rotatable bonds is 2. The normalized spacial score (nSPS) is 9.58. The van der Waals surface area contributed by atoms with Gasteiger partial charge in [0.05, 0.1) is 6.57 Å². The minimum atomic E-state index is 0.609. The van der Waals surface area contributed by atoms with Gasteiger partial charge in [-0.1, -0.05) is 30.3 Å². The lowest BCUT2D eigenvalue weighted by Gasteiger charge is -1.90. The summed E-state index contributed by atoms with van der Waals surface area (Å²) in [6, 6.07) is 7.04. The van der Waals surface area contributed by atoms with Gasteiger partial charge in [0.1, 0.15) is 6.29 Å². The van der Waals surface area contributed by atoms with E-state index in [1.165, 1.54) is 6.08 Å². The molecule has 0 amide bonds. The molecule has 0 spiro atoms. The third-order valence-electron chi connectivity index (χ3n) is 1.39. The van der Waals surface area contributed by atoms with Crippen molar-refractivity contribution in [1.82, 2.24) is 0 Å². The summed E-state index contributed by atoms with van der Waals surface area (Å²) in [6.07, 6.45) is 3.84. The van der Waals surface area contributed by atoms with Crippen LogP contribution in [0, 0.1) is 6.57 Å². The van der Waals surface area contributed by atoms with Crippen molar-refractivity contribution in [2.75, 3.05) is 0 Å². The number of aldehydes is 1. The fourth-order valence-electron chi connectivity index (χ4n) is 0.810. The first kappa shape index (κ1) is 8.22. The van der Waals surface area contributed by atoms with Gasteiger partial charge in [-0.3, -0.25) is 4.79 Å². The van der Waals surface area contributed by atoms with Crippen LogP contribution in [0.1, 0.15) is 5.56 Å². The summed E-state index contributed by atoms with van der Waals surface area (Å²) >= 11 is 0. The number of carbonyl (C=O) groups is 1. The molecule has 2 nitrogen and oxygen atoms in total. The van der Waals surface area contributed by atoms with E-state index in [1.807, 2.05) is 0 Å². The Morgan fingerprint density at radius 1 is 1.25 bits per heavy atom. The first-order valence-corrected chi connectivity index (χ1v) is 3.46. The van der Waals surface area contributed by atoms with Crippen molar-refractivity contribution >= 4 is 18.0 Å². The average Bonchev–Trinajstić information content (AvgIpc) is 2.15. The molecule has 0 heterocycles. The smallest absolute Gasteiger partial charge is 0.187 e. The van der Waals surface area contributed by atoms with Crippen LogP contribution in [-0.4, -0.2) is 6.29 Å². The molecule has 1 aromatic carbocycles. The van der Waals surface area contributed by atoms with Crippen LogP contribution < -0.4 is 0 Å². The van der Waals surface area contributed by atoms with Gasteiger partial charge in [0.25, 0.3) is 0 Å². The standard InChI is InChI=1S/C10H7NO/c1-11-10-6-4-9(5-7-10)3-2-8-12/h2-8H/b3-2+. The summed E-state index contributed by atoms with van der Waals surface area (Å²) in [5, 5.41) is 0. The largest absolute Gasteiger partial charge is 0.299 e. The third kappa shape index (κ3) is 2.06. The second kappa shape index (κ2) is 4.09. The first-order chi connectivity index (χ1) is 5.86. The summed E-state index contributed by atoms with van der Waals surface area (Å²) in [4.78, 5) is 13.2. The Kier molecular flexibility index (Phi) is 2.80. The Balaban J connectivity index is 2.86. The SMILES string of the molecule is [C-]#[N+]c1ccc(/C=C/C=O)cc1. The van der Waals surface area contributed by atoms with E-state index in [4.69, 9.17) is 6.57 Å². The number of hydrogen-bond donors (Lipinski definition) is 0. The highest BCUT2D eigenvalue weighted by Crippen LogP contribution is 2.12. The summed E-state index contributed by atoms with van der Waals surface area (Å²) in [6.45, 7) is 6.70. The minimum absolute atomic E-state index is 0.609. The van der Waals surface area contributed by atoms with Gasteiger partial charge in [0.2, 0.25) is 0 Å². The van der Waals surface area contributed by atoms with Crippen LogP contribution in [0.15, 0.2) is 30.3 Å². The molecule has 0 bridgehead atoms. The van der Waals surface area contributed by atoms with Crippen molar-refractivity contribution in [2.45, 2.75) is 0 Å². The highest BCUT2D eigenvalue weighted by atomic mass is 16.1. The molecule has 0 aliphatic carbocycles. The fraction of sp³-hybridized carbons (Fsp3) is 0.